The molecule has 0 amide bonds. The Bertz CT molecular complexity index is 341. The minimum atomic E-state index is -4.66. The van der Waals surface area contributed by atoms with Gasteiger partial charge in [-0.15, -0.1) is 0 Å². The van der Waals surface area contributed by atoms with Crippen LogP contribution in [0.1, 0.15) is 0 Å². The van der Waals surface area contributed by atoms with Gasteiger partial charge in [0.25, 0.3) is 6.33 Å². The minimum Gasteiger partial charge on any atom is -0.713 e. The standard InChI is InChI=1S/C4H6N2O4S/c1-5-2-3-6(4-5)10-11(7,8)9/h2-4H,1H3. The van der Waals surface area contributed by atoms with Gasteiger partial charge in [-0.3, -0.25) is 0 Å². The van der Waals surface area contributed by atoms with E-state index in [1.54, 1.807) is 7.05 Å². The van der Waals surface area contributed by atoms with Gasteiger partial charge < -0.3 is 4.55 Å². The molecule has 0 spiro atoms. The Morgan fingerprint density at radius 2 is 2.27 bits per heavy atom. The van der Waals surface area contributed by atoms with Gasteiger partial charge in [0.1, 0.15) is 6.20 Å². The second-order valence-corrected chi connectivity index (χ2v) is 2.89. The van der Waals surface area contributed by atoms with Crippen LogP contribution in [0.4, 0.5) is 0 Å². The smallest absolute Gasteiger partial charge is 0.305 e. The van der Waals surface area contributed by atoms with E-state index < -0.39 is 10.4 Å². The van der Waals surface area contributed by atoms with Crippen LogP contribution < -0.4 is 8.85 Å². The van der Waals surface area contributed by atoms with Crippen LogP contribution in [0.15, 0.2) is 18.7 Å². The van der Waals surface area contributed by atoms with E-state index in [-0.39, 0.29) is 0 Å². The lowest BCUT2D eigenvalue weighted by molar-refractivity contribution is -0.671. The van der Waals surface area contributed by atoms with Gasteiger partial charge >= 0.3 is 10.4 Å². The Balaban J connectivity index is 2.81. The highest BCUT2D eigenvalue weighted by molar-refractivity contribution is 7.81. The minimum absolute atomic E-state index is 0.808. The van der Waals surface area contributed by atoms with Crippen molar-refractivity contribution in [3.05, 3.63) is 18.7 Å². The summed E-state index contributed by atoms with van der Waals surface area (Å²) in [6, 6.07) is 0. The van der Waals surface area contributed by atoms with Crippen LogP contribution in [0.3, 0.4) is 0 Å². The molecule has 0 aliphatic rings. The molecule has 7 heteroatoms. The van der Waals surface area contributed by atoms with Crippen LogP contribution in [0, 0.1) is 0 Å². The van der Waals surface area contributed by atoms with Crippen molar-refractivity contribution in [2.24, 2.45) is 7.05 Å². The first kappa shape index (κ1) is 8.02. The van der Waals surface area contributed by atoms with Crippen LogP contribution >= 0.6 is 0 Å². The fourth-order valence-electron chi connectivity index (χ4n) is 0.577. The lowest BCUT2D eigenvalue weighted by atomic mass is 10.9. The van der Waals surface area contributed by atoms with E-state index in [0.29, 0.717) is 0 Å². The third-order valence-corrected chi connectivity index (χ3v) is 1.28. The van der Waals surface area contributed by atoms with Crippen molar-refractivity contribution in [2.45, 2.75) is 0 Å². The zero-order valence-electron chi connectivity index (χ0n) is 5.67. The monoisotopic (exact) mass is 178 g/mol. The fourth-order valence-corrected chi connectivity index (χ4v) is 0.876. The van der Waals surface area contributed by atoms with Crippen LogP contribution in [-0.2, 0) is 17.4 Å². The number of rotatable bonds is 2. The molecule has 11 heavy (non-hydrogen) atoms. The Morgan fingerprint density at radius 3 is 2.64 bits per heavy atom. The van der Waals surface area contributed by atoms with Gasteiger partial charge in [0, 0.05) is 0 Å². The summed E-state index contributed by atoms with van der Waals surface area (Å²) in [6.07, 6.45) is 4.14. The number of aromatic nitrogens is 2. The molecule has 0 unspecified atom stereocenters. The summed E-state index contributed by atoms with van der Waals surface area (Å²) in [4.78, 5) is 0. The molecule has 1 aromatic heterocycles. The topological polar surface area (TPSA) is 75.2 Å². The molecule has 0 N–H and O–H groups in total. The van der Waals surface area contributed by atoms with Crippen LogP contribution in [0.5, 0.6) is 0 Å². The molecule has 0 fully saturated rings. The fraction of sp³-hybridized carbons (Fsp3) is 0.250. The van der Waals surface area contributed by atoms with Crippen molar-refractivity contribution in [2.75, 3.05) is 0 Å². The molecular weight excluding hydrogens is 172 g/mol. The van der Waals surface area contributed by atoms with Crippen molar-refractivity contribution in [3.63, 3.8) is 0 Å². The highest BCUT2D eigenvalue weighted by atomic mass is 32.3. The van der Waals surface area contributed by atoms with Crippen LogP contribution in [-0.4, -0.2) is 17.7 Å². The molecule has 0 saturated carbocycles. The van der Waals surface area contributed by atoms with E-state index in [1.807, 2.05) is 0 Å². The molecule has 0 radical (unpaired) electrons. The highest BCUT2D eigenvalue weighted by Gasteiger charge is 2.03. The van der Waals surface area contributed by atoms with Crippen LogP contribution in [0.2, 0.25) is 0 Å². The molecule has 0 aliphatic heterocycles. The Labute approximate surface area is 63.6 Å². The SMILES string of the molecule is C[n+]1ccn(OS(=O)(=O)[O-])c1. The Hall–Kier alpha value is -1.08. The van der Waals surface area contributed by atoms with Gasteiger partial charge in [-0.05, 0) is 4.73 Å². The Kier molecular flexibility index (Phi) is 1.83. The molecule has 0 atom stereocenters. The maximum Gasteiger partial charge on any atom is 0.305 e. The van der Waals surface area contributed by atoms with Crippen molar-refractivity contribution in [1.82, 2.24) is 4.73 Å². The molecule has 1 rings (SSSR count). The van der Waals surface area contributed by atoms with E-state index in [4.69, 9.17) is 0 Å². The van der Waals surface area contributed by atoms with Crippen molar-refractivity contribution in [1.29, 1.82) is 0 Å². The number of aryl methyl sites for hydroxylation is 1. The largest absolute Gasteiger partial charge is 0.713 e. The summed E-state index contributed by atoms with van der Waals surface area (Å²) < 4.78 is 36.3. The lowest BCUT2D eigenvalue weighted by Crippen LogP contribution is -2.26. The van der Waals surface area contributed by atoms with Crippen molar-refractivity contribution in [3.8, 4) is 0 Å². The number of hydrogen-bond acceptors (Lipinski definition) is 4. The summed E-state index contributed by atoms with van der Waals surface area (Å²) in [6.45, 7) is 0. The second-order valence-electron chi connectivity index (χ2n) is 1.92. The maximum absolute atomic E-state index is 10.0. The normalized spacial score (nSPS) is 11.5. The molecule has 0 bridgehead atoms. The first-order chi connectivity index (χ1) is 4.97. The predicted octanol–water partition coefficient (Wildman–Crippen LogP) is -1.80. The molecule has 6 nitrogen and oxygen atoms in total. The second kappa shape index (κ2) is 2.51. The quantitative estimate of drug-likeness (QED) is 0.304. The van der Waals surface area contributed by atoms with E-state index in [9.17, 15) is 13.0 Å². The summed E-state index contributed by atoms with van der Waals surface area (Å²) in [7, 11) is -3.00. The Morgan fingerprint density at radius 1 is 1.64 bits per heavy atom. The summed E-state index contributed by atoms with van der Waals surface area (Å²) in [5.74, 6) is 0. The van der Waals surface area contributed by atoms with Crippen molar-refractivity contribution < 1.29 is 21.8 Å². The molecule has 1 heterocycles. The molecule has 0 aliphatic carbocycles. The van der Waals surface area contributed by atoms with Gasteiger partial charge in [-0.2, -0.15) is 8.42 Å². The maximum atomic E-state index is 10.0. The van der Waals surface area contributed by atoms with Gasteiger partial charge in [0.15, 0.2) is 6.20 Å². The summed E-state index contributed by atoms with van der Waals surface area (Å²) >= 11 is 0. The molecular formula is C4H6N2O4S. The lowest BCUT2D eigenvalue weighted by Gasteiger charge is -2.01. The van der Waals surface area contributed by atoms with E-state index in [2.05, 4.69) is 4.28 Å². The van der Waals surface area contributed by atoms with Crippen molar-refractivity contribution >= 4 is 10.4 Å². The molecule has 0 saturated heterocycles. The first-order valence-electron chi connectivity index (χ1n) is 2.66. The van der Waals surface area contributed by atoms with E-state index in [1.165, 1.54) is 23.3 Å². The van der Waals surface area contributed by atoms with E-state index >= 15 is 0 Å². The molecule has 0 aromatic carbocycles. The third-order valence-electron chi connectivity index (χ3n) is 0.922. The van der Waals surface area contributed by atoms with Crippen LogP contribution in [0.25, 0.3) is 0 Å². The number of imidazole rings is 1. The number of nitrogens with zero attached hydrogens (tertiary/aromatic N) is 2. The van der Waals surface area contributed by atoms with E-state index in [0.717, 1.165) is 4.73 Å². The highest BCUT2D eigenvalue weighted by Crippen LogP contribution is 1.82. The summed E-state index contributed by atoms with van der Waals surface area (Å²) in [5.41, 5.74) is 0. The first-order valence-corrected chi connectivity index (χ1v) is 4.00. The zero-order chi connectivity index (χ0) is 8.48. The van der Waals surface area contributed by atoms with Gasteiger partial charge in [0.05, 0.1) is 7.05 Å². The zero-order valence-corrected chi connectivity index (χ0v) is 6.48. The average Bonchev–Trinajstić information content (AvgIpc) is 2.10. The van der Waals surface area contributed by atoms with Gasteiger partial charge in [-0.25, -0.2) is 8.85 Å². The van der Waals surface area contributed by atoms with Gasteiger partial charge in [-0.1, -0.05) is 0 Å². The predicted molar refractivity (Wildman–Crippen MR) is 31.9 cm³/mol. The number of hydrogen-bond donors (Lipinski definition) is 0. The summed E-state index contributed by atoms with van der Waals surface area (Å²) in [5, 5.41) is 0. The average molecular weight is 178 g/mol. The molecule has 62 valence electrons. The molecule has 1 aromatic rings. The third kappa shape index (κ3) is 2.56. The van der Waals surface area contributed by atoms with Gasteiger partial charge in [0.2, 0.25) is 0 Å².